The number of nitrogens with one attached hydrogen (secondary N) is 1. The molecule has 1 aromatic rings. The maximum absolute atomic E-state index is 10.7. The van der Waals surface area contributed by atoms with Crippen LogP contribution in [0.25, 0.3) is 0 Å². The van der Waals surface area contributed by atoms with Crippen molar-refractivity contribution in [3.63, 3.8) is 0 Å². The summed E-state index contributed by atoms with van der Waals surface area (Å²) in [5, 5.41) is 9.32. The first-order valence-corrected chi connectivity index (χ1v) is 5.04. The van der Waals surface area contributed by atoms with Gasteiger partial charge in [-0.1, -0.05) is 23.2 Å². The number of benzene rings is 1. The Balaban J connectivity index is 2.97. The molecule has 1 aromatic carbocycles. The highest BCUT2D eigenvalue weighted by Gasteiger charge is 2.13. The Hall–Kier alpha value is -1.63. The fourth-order valence-corrected chi connectivity index (χ4v) is 1.24. The third-order valence-corrected chi connectivity index (χ3v) is 2.46. The van der Waals surface area contributed by atoms with E-state index in [1.807, 2.05) is 5.43 Å². The molecule has 92 valence electrons. The molecular weight excluding hydrogens is 269 g/mol. The first kappa shape index (κ1) is 13.4. The van der Waals surface area contributed by atoms with E-state index in [-0.39, 0.29) is 10.8 Å². The van der Waals surface area contributed by atoms with Crippen molar-refractivity contribution in [2.75, 3.05) is 0 Å². The molecule has 8 heteroatoms. The van der Waals surface area contributed by atoms with E-state index in [4.69, 9.17) is 44.6 Å². The van der Waals surface area contributed by atoms with Gasteiger partial charge in [-0.15, -0.1) is 0 Å². The molecule has 0 aromatic heterocycles. The van der Waals surface area contributed by atoms with Crippen molar-refractivity contribution in [2.45, 2.75) is 0 Å². The van der Waals surface area contributed by atoms with Gasteiger partial charge in [0.2, 0.25) is 5.88 Å². The van der Waals surface area contributed by atoms with E-state index in [0.717, 1.165) is 0 Å². The van der Waals surface area contributed by atoms with Gasteiger partial charge in [-0.05, 0) is 12.1 Å². The van der Waals surface area contributed by atoms with Gasteiger partial charge in [-0.3, -0.25) is 5.84 Å². The Morgan fingerprint density at radius 1 is 1.35 bits per heavy atom. The van der Waals surface area contributed by atoms with E-state index in [9.17, 15) is 4.79 Å². The second kappa shape index (κ2) is 5.62. The summed E-state index contributed by atoms with van der Waals surface area (Å²) < 4.78 is 5.06. The summed E-state index contributed by atoms with van der Waals surface area (Å²) in [6, 6.07) is 4.37. The molecule has 0 saturated carbocycles. The zero-order valence-electron chi connectivity index (χ0n) is 8.41. The van der Waals surface area contributed by atoms with Gasteiger partial charge in [-0.2, -0.15) is 0 Å². The van der Waals surface area contributed by atoms with Crippen molar-refractivity contribution in [3.8, 4) is 5.75 Å². The maximum Gasteiger partial charge on any atom is 0.358 e. The molecule has 0 bridgehead atoms. The van der Waals surface area contributed by atoms with Crippen LogP contribution < -0.4 is 21.7 Å². The maximum atomic E-state index is 10.7. The average molecular weight is 278 g/mol. The SMILES string of the molecule is NN/C(C(=O)O)=C(\N)Oc1ccc(Cl)c(Cl)c1. The lowest BCUT2D eigenvalue weighted by molar-refractivity contribution is -0.133. The third kappa shape index (κ3) is 3.42. The summed E-state index contributed by atoms with van der Waals surface area (Å²) in [5.41, 5.74) is 6.86. The predicted octanol–water partition coefficient (Wildman–Crippen LogP) is 1.05. The number of hydrogen-bond acceptors (Lipinski definition) is 5. The summed E-state index contributed by atoms with van der Waals surface area (Å²) >= 11 is 11.4. The molecule has 1 rings (SSSR count). The number of carbonyl (C=O) groups is 1. The molecule has 6 N–H and O–H groups in total. The van der Waals surface area contributed by atoms with Gasteiger partial charge in [0, 0.05) is 6.07 Å². The van der Waals surface area contributed by atoms with Crippen LogP contribution in [0.4, 0.5) is 0 Å². The number of ether oxygens (including phenoxy) is 1. The summed E-state index contributed by atoms with van der Waals surface area (Å²) in [6.07, 6.45) is 0. The van der Waals surface area contributed by atoms with Gasteiger partial charge >= 0.3 is 5.97 Å². The molecule has 0 heterocycles. The van der Waals surface area contributed by atoms with Crippen molar-refractivity contribution in [1.82, 2.24) is 5.43 Å². The Labute approximate surface area is 107 Å². The fourth-order valence-electron chi connectivity index (χ4n) is 0.957. The minimum atomic E-state index is -1.34. The van der Waals surface area contributed by atoms with Gasteiger partial charge in [0.05, 0.1) is 10.0 Å². The topological polar surface area (TPSA) is 111 Å². The molecule has 0 unspecified atom stereocenters. The zero-order chi connectivity index (χ0) is 13.0. The number of rotatable bonds is 4. The summed E-state index contributed by atoms with van der Waals surface area (Å²) in [4.78, 5) is 10.7. The predicted molar refractivity (Wildman–Crippen MR) is 63.3 cm³/mol. The summed E-state index contributed by atoms with van der Waals surface area (Å²) in [5.74, 6) is 3.50. The lowest BCUT2D eigenvalue weighted by atomic mass is 10.3. The molecule has 0 aliphatic carbocycles. The highest BCUT2D eigenvalue weighted by Crippen LogP contribution is 2.26. The monoisotopic (exact) mass is 277 g/mol. The quantitative estimate of drug-likeness (QED) is 0.283. The van der Waals surface area contributed by atoms with Crippen LogP contribution in [0.3, 0.4) is 0 Å². The van der Waals surface area contributed by atoms with Crippen LogP contribution in [0.15, 0.2) is 29.8 Å². The van der Waals surface area contributed by atoms with E-state index in [1.165, 1.54) is 18.2 Å². The van der Waals surface area contributed by atoms with Gasteiger partial charge in [-0.25, -0.2) is 4.79 Å². The fraction of sp³-hybridized carbons (Fsp3) is 0. The highest BCUT2D eigenvalue weighted by atomic mass is 35.5. The summed E-state index contributed by atoms with van der Waals surface area (Å²) in [7, 11) is 0. The van der Waals surface area contributed by atoms with E-state index in [0.29, 0.717) is 5.02 Å². The van der Waals surface area contributed by atoms with Crippen LogP contribution in [-0.2, 0) is 4.79 Å². The van der Waals surface area contributed by atoms with E-state index in [2.05, 4.69) is 0 Å². The molecule has 0 amide bonds. The number of aliphatic carboxylic acids is 1. The number of carboxylic acids is 1. The van der Waals surface area contributed by atoms with E-state index < -0.39 is 17.5 Å². The lowest BCUT2D eigenvalue weighted by Crippen LogP contribution is -2.31. The Bertz CT molecular complexity index is 477. The van der Waals surface area contributed by atoms with Crippen LogP contribution in [-0.4, -0.2) is 11.1 Å². The summed E-state index contributed by atoms with van der Waals surface area (Å²) in [6.45, 7) is 0. The minimum absolute atomic E-state index is 0.242. The van der Waals surface area contributed by atoms with Crippen LogP contribution >= 0.6 is 23.2 Å². The second-order valence-corrected chi connectivity index (χ2v) is 3.68. The Kier molecular flexibility index (Phi) is 4.45. The number of nitrogens with two attached hydrogens (primary N) is 2. The first-order valence-electron chi connectivity index (χ1n) is 4.28. The van der Waals surface area contributed by atoms with Gasteiger partial charge in [0.15, 0.2) is 5.70 Å². The largest absolute Gasteiger partial charge is 0.476 e. The van der Waals surface area contributed by atoms with Crippen molar-refractivity contribution < 1.29 is 14.6 Å². The number of hydrazine groups is 1. The Morgan fingerprint density at radius 2 is 2.00 bits per heavy atom. The second-order valence-electron chi connectivity index (χ2n) is 2.87. The smallest absolute Gasteiger partial charge is 0.358 e. The minimum Gasteiger partial charge on any atom is -0.476 e. The molecule has 0 radical (unpaired) electrons. The number of hydrogen-bond donors (Lipinski definition) is 4. The van der Waals surface area contributed by atoms with Crippen LogP contribution in [0, 0.1) is 0 Å². The molecule has 0 aliphatic heterocycles. The molecule has 0 spiro atoms. The van der Waals surface area contributed by atoms with E-state index in [1.54, 1.807) is 0 Å². The molecule has 0 saturated heterocycles. The van der Waals surface area contributed by atoms with Crippen LogP contribution in [0.5, 0.6) is 5.75 Å². The molecular formula is C9H9Cl2N3O3. The molecule has 6 nitrogen and oxygen atoms in total. The zero-order valence-corrected chi connectivity index (χ0v) is 9.92. The highest BCUT2D eigenvalue weighted by molar-refractivity contribution is 6.42. The number of carboxylic acid groups (broad SMARTS) is 1. The lowest BCUT2D eigenvalue weighted by Gasteiger charge is -2.09. The van der Waals surface area contributed by atoms with Crippen molar-refractivity contribution in [2.24, 2.45) is 11.6 Å². The van der Waals surface area contributed by atoms with Gasteiger partial charge in [0.25, 0.3) is 0 Å². The van der Waals surface area contributed by atoms with Crippen molar-refractivity contribution in [1.29, 1.82) is 0 Å². The van der Waals surface area contributed by atoms with Crippen LogP contribution in [0.1, 0.15) is 0 Å². The average Bonchev–Trinajstić information content (AvgIpc) is 2.24. The normalized spacial score (nSPS) is 11.7. The van der Waals surface area contributed by atoms with Gasteiger partial charge in [0.1, 0.15) is 5.75 Å². The third-order valence-electron chi connectivity index (χ3n) is 1.72. The standard InChI is InChI=1S/C9H9Cl2N3O3/c10-5-2-1-4(3-6(5)11)17-8(12)7(14-13)9(15)16/h1-3,14H,12-13H2,(H,15,16)/b8-7+. The van der Waals surface area contributed by atoms with Gasteiger partial charge < -0.3 is 21.0 Å². The van der Waals surface area contributed by atoms with Crippen LogP contribution in [0.2, 0.25) is 10.0 Å². The number of halogens is 2. The van der Waals surface area contributed by atoms with E-state index >= 15 is 0 Å². The molecule has 0 fully saturated rings. The molecule has 0 aliphatic rings. The van der Waals surface area contributed by atoms with Crippen molar-refractivity contribution in [3.05, 3.63) is 39.8 Å². The molecule has 17 heavy (non-hydrogen) atoms. The first-order chi connectivity index (χ1) is 7.95. The molecule has 0 atom stereocenters. The van der Waals surface area contributed by atoms with Crippen molar-refractivity contribution >= 4 is 29.2 Å². The Morgan fingerprint density at radius 3 is 2.47 bits per heavy atom.